The van der Waals surface area contributed by atoms with Gasteiger partial charge < -0.3 is 24.3 Å². The van der Waals surface area contributed by atoms with Gasteiger partial charge in [0, 0.05) is 6.07 Å². The van der Waals surface area contributed by atoms with Crippen LogP contribution in [0.15, 0.2) is 36.4 Å². The van der Waals surface area contributed by atoms with Gasteiger partial charge in [-0.2, -0.15) is 5.26 Å². The number of fused-ring (bicyclic) bond motifs is 1. The van der Waals surface area contributed by atoms with Crippen LogP contribution in [0.1, 0.15) is 11.1 Å². The fourth-order valence-corrected chi connectivity index (χ4v) is 2.32. The third kappa shape index (κ3) is 3.32. The van der Waals surface area contributed by atoms with Crippen molar-refractivity contribution in [1.82, 2.24) is 0 Å². The van der Waals surface area contributed by atoms with Crippen molar-refractivity contribution in [1.29, 1.82) is 5.26 Å². The summed E-state index contributed by atoms with van der Waals surface area (Å²) in [4.78, 5) is 10.6. The van der Waals surface area contributed by atoms with Gasteiger partial charge in [-0.05, 0) is 35.3 Å². The minimum absolute atomic E-state index is 0.136. The lowest BCUT2D eigenvalue weighted by Gasteiger charge is -2.10. The molecule has 2 aromatic rings. The molecule has 0 fully saturated rings. The Hall–Kier alpha value is -3.02. The number of carbonyl (C=O) groups is 1. The van der Waals surface area contributed by atoms with Crippen LogP contribution >= 0.6 is 0 Å². The minimum atomic E-state index is -1.14. The minimum Gasteiger partial charge on any atom is -0.480 e. The zero-order chi connectivity index (χ0) is 17.1. The molecule has 3 rings (SSSR count). The molecule has 24 heavy (non-hydrogen) atoms. The summed E-state index contributed by atoms with van der Waals surface area (Å²) < 4.78 is 15.9. The molecule has 0 bridgehead atoms. The van der Waals surface area contributed by atoms with Crippen LogP contribution < -0.4 is 14.9 Å². The van der Waals surface area contributed by atoms with E-state index >= 15 is 0 Å². The molecule has 1 aliphatic heterocycles. The van der Waals surface area contributed by atoms with Gasteiger partial charge in [-0.1, -0.05) is 6.07 Å². The first-order chi connectivity index (χ1) is 11.6. The van der Waals surface area contributed by atoms with E-state index < -0.39 is 19.7 Å². The Morgan fingerprint density at radius 3 is 2.79 bits per heavy atom. The van der Waals surface area contributed by atoms with Gasteiger partial charge in [-0.3, -0.25) is 0 Å². The maximum absolute atomic E-state index is 10.6. The second-order valence-electron chi connectivity index (χ2n) is 5.08. The van der Waals surface area contributed by atoms with Crippen molar-refractivity contribution in [3.8, 4) is 23.3 Å². The summed E-state index contributed by atoms with van der Waals surface area (Å²) in [7, 11) is -0.917. The average Bonchev–Trinajstić information content (AvgIpc) is 2.94. The highest BCUT2D eigenvalue weighted by atomic mass is 16.5. The molecule has 120 valence electrons. The van der Waals surface area contributed by atoms with Crippen LogP contribution in [-0.4, -0.2) is 29.8 Å². The SMILES string of the molecule is N#Cc1ccc(Oc2ccc3c(c2)COB3O)cc1OCC(=O)O. The topological polar surface area (TPSA) is 109 Å². The van der Waals surface area contributed by atoms with Crippen molar-refractivity contribution in [2.75, 3.05) is 6.61 Å². The number of ether oxygens (including phenoxy) is 2. The molecule has 0 saturated heterocycles. The van der Waals surface area contributed by atoms with Crippen LogP contribution in [-0.2, 0) is 16.1 Å². The molecule has 2 aromatic carbocycles. The highest BCUT2D eigenvalue weighted by Gasteiger charge is 2.27. The Balaban J connectivity index is 1.81. The molecule has 0 atom stereocenters. The molecule has 7 nitrogen and oxygen atoms in total. The van der Waals surface area contributed by atoms with E-state index in [1.165, 1.54) is 12.1 Å². The summed E-state index contributed by atoms with van der Waals surface area (Å²) in [5, 5.41) is 27.3. The van der Waals surface area contributed by atoms with Crippen molar-refractivity contribution in [2.24, 2.45) is 0 Å². The van der Waals surface area contributed by atoms with E-state index in [0.717, 1.165) is 5.56 Å². The van der Waals surface area contributed by atoms with E-state index in [4.69, 9.17) is 24.5 Å². The van der Waals surface area contributed by atoms with Crippen LogP contribution in [0.2, 0.25) is 0 Å². The van der Waals surface area contributed by atoms with Crippen molar-refractivity contribution >= 4 is 18.6 Å². The molecule has 0 amide bonds. The molecule has 0 aromatic heterocycles. The molecule has 1 heterocycles. The molecule has 0 saturated carbocycles. The summed E-state index contributed by atoms with van der Waals surface area (Å²) in [5.41, 5.74) is 1.75. The van der Waals surface area contributed by atoms with Crippen LogP contribution in [0, 0.1) is 11.3 Å². The zero-order valence-corrected chi connectivity index (χ0v) is 12.4. The molecule has 0 spiro atoms. The normalized spacial score (nSPS) is 12.4. The fraction of sp³-hybridized carbons (Fsp3) is 0.125. The number of carboxylic acid groups (broad SMARTS) is 1. The molecular weight excluding hydrogens is 313 g/mol. The van der Waals surface area contributed by atoms with E-state index in [2.05, 4.69) is 0 Å². The quantitative estimate of drug-likeness (QED) is 0.790. The molecule has 0 unspecified atom stereocenters. The number of benzene rings is 2. The predicted octanol–water partition coefficient (Wildman–Crippen LogP) is 1.03. The molecule has 8 heteroatoms. The maximum atomic E-state index is 10.6. The third-order valence-corrected chi connectivity index (χ3v) is 3.44. The maximum Gasteiger partial charge on any atom is 0.491 e. The number of nitrogens with zero attached hydrogens (tertiary/aromatic N) is 1. The summed E-state index contributed by atoms with van der Waals surface area (Å²) >= 11 is 0. The number of hydrogen-bond donors (Lipinski definition) is 2. The molecule has 0 aliphatic carbocycles. The first-order valence-corrected chi connectivity index (χ1v) is 7.06. The summed E-state index contributed by atoms with van der Waals surface area (Å²) in [6, 6.07) is 11.6. The highest BCUT2D eigenvalue weighted by molar-refractivity contribution is 6.61. The van der Waals surface area contributed by atoms with E-state index in [9.17, 15) is 9.82 Å². The Bertz CT molecular complexity index is 832. The van der Waals surface area contributed by atoms with Crippen LogP contribution in [0.4, 0.5) is 0 Å². The van der Waals surface area contributed by atoms with Crippen molar-refractivity contribution < 1.29 is 29.1 Å². The van der Waals surface area contributed by atoms with Gasteiger partial charge >= 0.3 is 13.1 Å². The van der Waals surface area contributed by atoms with Gasteiger partial charge in [0.1, 0.15) is 23.3 Å². The predicted molar refractivity (Wildman–Crippen MR) is 83.2 cm³/mol. The first kappa shape index (κ1) is 15.9. The van der Waals surface area contributed by atoms with E-state index in [-0.39, 0.29) is 11.3 Å². The molecule has 0 radical (unpaired) electrons. The molecule has 1 aliphatic rings. The Labute approximate surface area is 137 Å². The number of rotatable bonds is 5. The second-order valence-corrected chi connectivity index (χ2v) is 5.08. The van der Waals surface area contributed by atoms with E-state index in [0.29, 0.717) is 23.6 Å². The van der Waals surface area contributed by atoms with Gasteiger partial charge in [0.15, 0.2) is 6.61 Å². The van der Waals surface area contributed by atoms with Gasteiger partial charge in [0.2, 0.25) is 0 Å². The van der Waals surface area contributed by atoms with Crippen LogP contribution in [0.25, 0.3) is 0 Å². The lowest BCUT2D eigenvalue weighted by Crippen LogP contribution is -2.27. The smallest absolute Gasteiger partial charge is 0.480 e. The largest absolute Gasteiger partial charge is 0.491 e. The average molecular weight is 325 g/mol. The summed E-state index contributed by atoms with van der Waals surface area (Å²) in [6.07, 6.45) is 0. The summed E-state index contributed by atoms with van der Waals surface area (Å²) in [5.74, 6) is -0.0751. The van der Waals surface area contributed by atoms with E-state index in [1.807, 2.05) is 6.07 Å². The van der Waals surface area contributed by atoms with Crippen molar-refractivity contribution in [3.05, 3.63) is 47.5 Å². The number of aliphatic carboxylic acids is 1. The number of hydrogen-bond acceptors (Lipinski definition) is 6. The Morgan fingerprint density at radius 2 is 2.04 bits per heavy atom. The Kier molecular flexibility index (Phi) is 4.38. The van der Waals surface area contributed by atoms with Gasteiger partial charge in [-0.25, -0.2) is 4.79 Å². The van der Waals surface area contributed by atoms with Gasteiger partial charge in [-0.15, -0.1) is 0 Å². The number of nitriles is 1. The second kappa shape index (κ2) is 6.62. The monoisotopic (exact) mass is 325 g/mol. The lowest BCUT2D eigenvalue weighted by atomic mass is 9.80. The van der Waals surface area contributed by atoms with E-state index in [1.54, 1.807) is 24.3 Å². The summed E-state index contributed by atoms with van der Waals surface area (Å²) in [6.45, 7) is -0.250. The number of carboxylic acids is 1. The molecular formula is C16H12BNO6. The highest BCUT2D eigenvalue weighted by Crippen LogP contribution is 2.29. The first-order valence-electron chi connectivity index (χ1n) is 7.06. The molecule has 2 N–H and O–H groups in total. The van der Waals surface area contributed by atoms with Gasteiger partial charge in [0.05, 0.1) is 12.2 Å². The van der Waals surface area contributed by atoms with Crippen molar-refractivity contribution in [2.45, 2.75) is 6.61 Å². The standard InChI is InChI=1S/C16H12BNO6/c18-7-10-1-2-13(6-15(10)22-9-16(19)20)24-12-3-4-14-11(5-12)8-23-17(14)21/h1-6,21H,8-9H2,(H,19,20). The lowest BCUT2D eigenvalue weighted by molar-refractivity contribution is -0.139. The van der Waals surface area contributed by atoms with Crippen LogP contribution in [0.5, 0.6) is 17.2 Å². The van der Waals surface area contributed by atoms with Gasteiger partial charge in [0.25, 0.3) is 0 Å². The third-order valence-electron chi connectivity index (χ3n) is 3.44. The van der Waals surface area contributed by atoms with Crippen LogP contribution in [0.3, 0.4) is 0 Å². The Morgan fingerprint density at radius 1 is 1.29 bits per heavy atom. The van der Waals surface area contributed by atoms with Crippen molar-refractivity contribution in [3.63, 3.8) is 0 Å². The fourth-order valence-electron chi connectivity index (χ4n) is 2.32. The zero-order valence-electron chi connectivity index (χ0n) is 12.4.